The van der Waals surface area contributed by atoms with Crippen molar-refractivity contribution < 1.29 is 29.0 Å². The Kier molecular flexibility index (Phi) is 7.36. The van der Waals surface area contributed by atoms with Crippen LogP contribution in [0.3, 0.4) is 0 Å². The van der Waals surface area contributed by atoms with Crippen LogP contribution in [0.1, 0.15) is 27.0 Å². The number of hydroxylamine groups is 1. The molecular formula is C28H26N2O6. The molecule has 0 atom stereocenters. The molecule has 0 unspecified atom stereocenters. The van der Waals surface area contributed by atoms with Crippen molar-refractivity contribution in [3.05, 3.63) is 95.2 Å². The van der Waals surface area contributed by atoms with Crippen LogP contribution in [-0.2, 0) is 11.3 Å². The molecule has 8 nitrogen and oxygen atoms in total. The summed E-state index contributed by atoms with van der Waals surface area (Å²) in [4.78, 5) is 24.8. The van der Waals surface area contributed by atoms with E-state index < -0.39 is 5.91 Å². The number of nitrogens with one attached hydrogen (secondary N) is 1. The number of carbonyl (C=O) groups is 2. The zero-order valence-electron chi connectivity index (χ0n) is 20.1. The Morgan fingerprint density at radius 1 is 0.944 bits per heavy atom. The molecule has 0 aliphatic carbocycles. The molecule has 4 aromatic rings. The van der Waals surface area contributed by atoms with Crippen molar-refractivity contribution in [1.29, 1.82) is 0 Å². The first-order chi connectivity index (χ1) is 17.5. The number of fused-ring (bicyclic) bond motifs is 1. The van der Waals surface area contributed by atoms with Gasteiger partial charge in [-0.15, -0.1) is 0 Å². The highest BCUT2D eigenvalue weighted by atomic mass is 16.5. The number of rotatable bonds is 9. The topological polar surface area (TPSA) is 99.0 Å². The fourth-order valence-electron chi connectivity index (χ4n) is 4.07. The third-order valence-corrected chi connectivity index (χ3v) is 5.83. The average molecular weight is 487 g/mol. The number of carbonyl (C=O) groups excluding carboxylic acids is 2. The number of hydrogen-bond acceptors (Lipinski definition) is 6. The van der Waals surface area contributed by atoms with Crippen molar-refractivity contribution in [2.45, 2.75) is 6.54 Å². The molecule has 0 aliphatic heterocycles. The minimum atomic E-state index is -0.595. The molecule has 0 bridgehead atoms. The second kappa shape index (κ2) is 10.8. The Balaban J connectivity index is 1.68. The summed E-state index contributed by atoms with van der Waals surface area (Å²) in [6.45, 7) is 0.546. The molecule has 0 fully saturated rings. The van der Waals surface area contributed by atoms with Crippen molar-refractivity contribution in [2.75, 3.05) is 21.3 Å². The molecule has 0 saturated carbocycles. The van der Waals surface area contributed by atoms with E-state index in [1.165, 1.54) is 27.4 Å². The summed E-state index contributed by atoms with van der Waals surface area (Å²) >= 11 is 0. The van der Waals surface area contributed by atoms with Crippen LogP contribution in [0.25, 0.3) is 17.0 Å². The van der Waals surface area contributed by atoms with E-state index in [1.54, 1.807) is 23.7 Å². The Labute approximate surface area is 208 Å². The van der Waals surface area contributed by atoms with E-state index in [-0.39, 0.29) is 5.78 Å². The molecular weight excluding hydrogens is 460 g/mol. The molecule has 36 heavy (non-hydrogen) atoms. The lowest BCUT2D eigenvalue weighted by Gasteiger charge is -2.13. The fourth-order valence-corrected chi connectivity index (χ4v) is 4.07. The molecule has 1 amide bonds. The lowest BCUT2D eigenvalue weighted by atomic mass is 10.0. The van der Waals surface area contributed by atoms with Gasteiger partial charge in [-0.3, -0.25) is 14.8 Å². The first kappa shape index (κ1) is 24.6. The van der Waals surface area contributed by atoms with Gasteiger partial charge in [0.1, 0.15) is 0 Å². The van der Waals surface area contributed by atoms with Crippen molar-refractivity contribution in [3.8, 4) is 17.2 Å². The predicted octanol–water partition coefficient (Wildman–Crippen LogP) is 4.47. The van der Waals surface area contributed by atoms with Gasteiger partial charge in [-0.05, 0) is 35.4 Å². The van der Waals surface area contributed by atoms with Crippen molar-refractivity contribution >= 4 is 28.7 Å². The van der Waals surface area contributed by atoms with Gasteiger partial charge in [0, 0.05) is 40.8 Å². The number of para-hydroxylation sites is 1. The predicted molar refractivity (Wildman–Crippen MR) is 136 cm³/mol. The first-order valence-electron chi connectivity index (χ1n) is 11.1. The van der Waals surface area contributed by atoms with Crippen LogP contribution in [0, 0.1) is 0 Å². The molecule has 1 aromatic heterocycles. The summed E-state index contributed by atoms with van der Waals surface area (Å²) in [5, 5.41) is 9.44. The van der Waals surface area contributed by atoms with Crippen LogP contribution < -0.4 is 19.7 Å². The number of benzene rings is 3. The molecule has 3 aromatic carbocycles. The van der Waals surface area contributed by atoms with E-state index in [9.17, 15) is 9.59 Å². The number of methoxy groups -OCH3 is 3. The maximum Gasteiger partial charge on any atom is 0.267 e. The second-order valence-electron chi connectivity index (χ2n) is 7.98. The Morgan fingerprint density at radius 3 is 2.22 bits per heavy atom. The quantitative estimate of drug-likeness (QED) is 0.157. The van der Waals surface area contributed by atoms with E-state index in [4.69, 9.17) is 19.4 Å². The molecule has 8 heteroatoms. The molecule has 4 rings (SSSR count). The van der Waals surface area contributed by atoms with Crippen molar-refractivity contribution in [1.82, 2.24) is 10.0 Å². The summed E-state index contributed by atoms with van der Waals surface area (Å²) in [7, 11) is 4.55. The molecule has 0 spiro atoms. The number of amides is 1. The largest absolute Gasteiger partial charge is 0.493 e. The average Bonchev–Trinajstić information content (AvgIpc) is 3.29. The summed E-state index contributed by atoms with van der Waals surface area (Å²) < 4.78 is 18.3. The number of ether oxygens (including phenoxy) is 3. The first-order valence-corrected chi connectivity index (χ1v) is 11.1. The Bertz CT molecular complexity index is 1410. The third-order valence-electron chi connectivity index (χ3n) is 5.83. The highest BCUT2D eigenvalue weighted by Gasteiger charge is 2.21. The molecule has 0 saturated heterocycles. The summed E-state index contributed by atoms with van der Waals surface area (Å²) in [5.41, 5.74) is 5.32. The summed E-state index contributed by atoms with van der Waals surface area (Å²) in [6.07, 6.45) is 4.71. The highest BCUT2D eigenvalue weighted by molar-refractivity contribution is 6.17. The van der Waals surface area contributed by atoms with Gasteiger partial charge < -0.3 is 18.8 Å². The van der Waals surface area contributed by atoms with Crippen LogP contribution in [0.2, 0.25) is 0 Å². The van der Waals surface area contributed by atoms with E-state index in [2.05, 4.69) is 0 Å². The monoisotopic (exact) mass is 486 g/mol. The van der Waals surface area contributed by atoms with Gasteiger partial charge in [0.15, 0.2) is 17.3 Å². The lowest BCUT2D eigenvalue weighted by Crippen LogP contribution is -2.14. The van der Waals surface area contributed by atoms with Crippen LogP contribution in [0.5, 0.6) is 17.2 Å². The van der Waals surface area contributed by atoms with Gasteiger partial charge in [-0.25, -0.2) is 5.48 Å². The zero-order valence-corrected chi connectivity index (χ0v) is 20.1. The maximum absolute atomic E-state index is 13.6. The summed E-state index contributed by atoms with van der Waals surface area (Å²) in [5.74, 6) is 0.493. The van der Waals surface area contributed by atoms with E-state index in [0.717, 1.165) is 22.0 Å². The number of hydrogen-bond donors (Lipinski definition) is 2. The van der Waals surface area contributed by atoms with Crippen molar-refractivity contribution in [3.63, 3.8) is 0 Å². The Morgan fingerprint density at radius 2 is 1.61 bits per heavy atom. The summed E-state index contributed by atoms with van der Waals surface area (Å²) in [6, 6.07) is 18.7. The molecule has 0 aliphatic rings. The van der Waals surface area contributed by atoms with Crippen LogP contribution in [-0.4, -0.2) is 42.8 Å². The second-order valence-corrected chi connectivity index (χ2v) is 7.98. The molecule has 2 N–H and O–H groups in total. The Hall–Kier alpha value is -4.56. The van der Waals surface area contributed by atoms with Crippen molar-refractivity contribution in [2.24, 2.45) is 0 Å². The lowest BCUT2D eigenvalue weighted by molar-refractivity contribution is -0.124. The molecule has 1 heterocycles. The standard InChI is InChI=1S/C28H26N2O6/c1-34-24-14-20(15-25(35-2)28(24)36-3)27(32)22-17-30(23-7-5-4-6-21(22)23)16-19-10-8-18(9-11-19)12-13-26(31)29-33/h4-15,17,33H,16H2,1-3H3,(H,29,31)/b13-12+. The number of nitrogens with zero attached hydrogens (tertiary/aromatic N) is 1. The normalized spacial score (nSPS) is 11.0. The van der Waals surface area contributed by atoms with Crippen LogP contribution in [0.15, 0.2) is 72.9 Å². The van der Waals surface area contributed by atoms with Gasteiger partial charge in [0.05, 0.1) is 21.3 Å². The van der Waals surface area contributed by atoms with Crippen LogP contribution >= 0.6 is 0 Å². The minimum absolute atomic E-state index is 0.160. The minimum Gasteiger partial charge on any atom is -0.493 e. The van der Waals surface area contributed by atoms with Crippen LogP contribution in [0.4, 0.5) is 0 Å². The number of aromatic nitrogens is 1. The SMILES string of the molecule is COc1cc(C(=O)c2cn(Cc3ccc(/C=C/C(=O)NO)cc3)c3ccccc23)cc(OC)c1OC. The third kappa shape index (κ3) is 4.94. The zero-order chi connectivity index (χ0) is 25.7. The fraction of sp³-hybridized carbons (Fsp3) is 0.143. The van der Waals surface area contributed by atoms with Gasteiger partial charge in [-0.1, -0.05) is 42.5 Å². The van der Waals surface area contributed by atoms with Gasteiger partial charge in [0.2, 0.25) is 5.75 Å². The maximum atomic E-state index is 13.6. The smallest absolute Gasteiger partial charge is 0.267 e. The van der Waals surface area contributed by atoms with E-state index in [0.29, 0.717) is 34.9 Å². The molecule has 184 valence electrons. The van der Waals surface area contributed by atoms with Gasteiger partial charge in [-0.2, -0.15) is 0 Å². The van der Waals surface area contributed by atoms with Gasteiger partial charge >= 0.3 is 0 Å². The molecule has 0 radical (unpaired) electrons. The number of ketones is 1. The highest BCUT2D eigenvalue weighted by Crippen LogP contribution is 2.39. The van der Waals surface area contributed by atoms with E-state index >= 15 is 0 Å². The van der Waals surface area contributed by atoms with Gasteiger partial charge in [0.25, 0.3) is 5.91 Å². The van der Waals surface area contributed by atoms with E-state index in [1.807, 2.05) is 59.3 Å².